The zero-order valence-electron chi connectivity index (χ0n) is 21.9. The van der Waals surface area contributed by atoms with E-state index in [1.165, 1.54) is 4.90 Å². The molecule has 2 unspecified atom stereocenters. The van der Waals surface area contributed by atoms with E-state index in [4.69, 9.17) is 4.74 Å². The van der Waals surface area contributed by atoms with Gasteiger partial charge in [-0.05, 0) is 29.8 Å². The summed E-state index contributed by atoms with van der Waals surface area (Å²) in [6.07, 6.45) is -5.75. The quantitative estimate of drug-likeness (QED) is 0.511. The zero-order chi connectivity index (χ0) is 30.7. The van der Waals surface area contributed by atoms with Crippen LogP contribution >= 0.6 is 0 Å². The lowest BCUT2D eigenvalue weighted by Gasteiger charge is -2.36. The molecule has 220 valence electrons. The molecule has 0 spiro atoms. The third-order valence-electron chi connectivity index (χ3n) is 6.71. The summed E-state index contributed by atoms with van der Waals surface area (Å²) in [4.78, 5) is 28.0. The summed E-state index contributed by atoms with van der Waals surface area (Å²) in [7, 11) is 0. The number of carbonyl (C=O) groups is 1. The van der Waals surface area contributed by atoms with Gasteiger partial charge < -0.3 is 19.9 Å². The average molecular weight is 593 g/mol. The fourth-order valence-electron chi connectivity index (χ4n) is 4.50. The van der Waals surface area contributed by atoms with Crippen molar-refractivity contribution in [2.24, 2.45) is 11.8 Å². The van der Waals surface area contributed by atoms with Crippen LogP contribution in [0.2, 0.25) is 0 Å². The molecule has 0 radical (unpaired) electrons. The van der Waals surface area contributed by atoms with Crippen LogP contribution in [-0.4, -0.2) is 64.4 Å². The van der Waals surface area contributed by atoms with Crippen LogP contribution < -0.4 is 15.0 Å². The second-order valence-corrected chi connectivity index (χ2v) is 9.40. The highest BCUT2D eigenvalue weighted by atomic mass is 19.4. The SMILES string of the molecule is CC1C(C(F)(F)F)=CC(NC(=O)N2CCN(c3nc(C#N)c(C#N)nc3OCc3ccncc3)CC2)=CC1C(F)(F)F. The molecule has 2 aromatic heterocycles. The molecule has 1 saturated heterocycles. The number of hydrogen-bond acceptors (Lipinski definition) is 8. The summed E-state index contributed by atoms with van der Waals surface area (Å²) in [5, 5.41) is 20.9. The summed E-state index contributed by atoms with van der Waals surface area (Å²) >= 11 is 0. The minimum absolute atomic E-state index is 0.00141. The van der Waals surface area contributed by atoms with E-state index in [1.807, 2.05) is 0 Å². The third-order valence-corrected chi connectivity index (χ3v) is 6.71. The van der Waals surface area contributed by atoms with Crippen LogP contribution in [0.4, 0.5) is 37.0 Å². The molecule has 1 aliphatic heterocycles. The molecule has 2 aromatic rings. The Morgan fingerprint density at radius 2 is 1.67 bits per heavy atom. The van der Waals surface area contributed by atoms with Crippen molar-refractivity contribution in [2.45, 2.75) is 25.9 Å². The fraction of sp³-hybridized carbons (Fsp3) is 0.385. The van der Waals surface area contributed by atoms with Crippen LogP contribution in [-0.2, 0) is 6.61 Å². The molecule has 2 aliphatic rings. The Hall–Kier alpha value is -4.86. The molecule has 16 heteroatoms. The van der Waals surface area contributed by atoms with E-state index < -0.39 is 41.5 Å². The number of ether oxygens (including phenoxy) is 1. The maximum Gasteiger partial charge on any atom is 0.413 e. The van der Waals surface area contributed by atoms with Gasteiger partial charge in [0.25, 0.3) is 5.88 Å². The lowest BCUT2D eigenvalue weighted by atomic mass is 9.81. The fourth-order valence-corrected chi connectivity index (χ4v) is 4.50. The Bertz CT molecular complexity index is 1470. The number of amides is 2. The molecule has 10 nitrogen and oxygen atoms in total. The minimum atomic E-state index is -5.01. The van der Waals surface area contributed by atoms with Gasteiger partial charge in [0.05, 0.1) is 5.92 Å². The predicted molar refractivity (Wildman–Crippen MR) is 133 cm³/mol. The van der Waals surface area contributed by atoms with Crippen molar-refractivity contribution in [3.63, 3.8) is 0 Å². The number of piperazine rings is 1. The lowest BCUT2D eigenvalue weighted by molar-refractivity contribution is -0.177. The highest BCUT2D eigenvalue weighted by Gasteiger charge is 2.50. The molecule has 1 fully saturated rings. The predicted octanol–water partition coefficient (Wildman–Crippen LogP) is 4.23. The van der Waals surface area contributed by atoms with E-state index in [9.17, 15) is 41.7 Å². The number of rotatable bonds is 5. The van der Waals surface area contributed by atoms with Gasteiger partial charge in [-0.3, -0.25) is 4.98 Å². The van der Waals surface area contributed by atoms with Gasteiger partial charge in [0, 0.05) is 55.8 Å². The smallest absolute Gasteiger partial charge is 0.413 e. The maximum absolute atomic E-state index is 13.5. The summed E-state index contributed by atoms with van der Waals surface area (Å²) in [6, 6.07) is 6.10. The Morgan fingerprint density at radius 3 is 2.24 bits per heavy atom. The summed E-state index contributed by atoms with van der Waals surface area (Å²) < 4.78 is 86.6. The molecular weight excluding hydrogens is 570 g/mol. The van der Waals surface area contributed by atoms with Crippen LogP contribution in [0.5, 0.6) is 5.88 Å². The first-order valence-corrected chi connectivity index (χ1v) is 12.4. The number of halogens is 6. The molecule has 4 rings (SSSR count). The number of allylic oxidation sites excluding steroid dienone is 3. The molecule has 42 heavy (non-hydrogen) atoms. The second kappa shape index (κ2) is 11.9. The van der Waals surface area contributed by atoms with E-state index >= 15 is 0 Å². The molecule has 1 aliphatic carbocycles. The number of carbonyl (C=O) groups excluding carboxylic acids is 1. The molecule has 0 saturated carbocycles. The van der Waals surface area contributed by atoms with E-state index in [-0.39, 0.29) is 55.9 Å². The Kier molecular flexibility index (Phi) is 8.56. The molecule has 1 N–H and O–H groups in total. The molecule has 3 heterocycles. The van der Waals surface area contributed by atoms with E-state index in [0.29, 0.717) is 12.2 Å². The lowest BCUT2D eigenvalue weighted by Crippen LogP contribution is -2.52. The average Bonchev–Trinajstić information content (AvgIpc) is 2.95. The standard InChI is InChI=1S/C26H22F6N8O2/c1-15-18(25(27,28)29)10-17(11-19(15)26(30,31)32)36-24(41)40-8-6-39(7-9-40)22-23(38-21(13-34)20(12-33)37-22)42-14-16-2-4-35-5-3-16/h2-5,10-11,15,18H,6-9,14H2,1H3,(H,36,41). The number of alkyl halides is 6. The van der Waals surface area contributed by atoms with Crippen molar-refractivity contribution in [2.75, 3.05) is 31.1 Å². The van der Waals surface area contributed by atoms with Crippen molar-refractivity contribution in [1.29, 1.82) is 10.5 Å². The molecule has 2 amide bonds. The summed E-state index contributed by atoms with van der Waals surface area (Å²) in [5.41, 5.74) is -1.74. The summed E-state index contributed by atoms with van der Waals surface area (Å²) in [5.74, 6) is -4.21. The van der Waals surface area contributed by atoms with Crippen molar-refractivity contribution >= 4 is 11.8 Å². The first kappa shape index (κ1) is 30.1. The van der Waals surface area contributed by atoms with E-state index in [2.05, 4.69) is 20.3 Å². The Labute approximate surface area is 235 Å². The van der Waals surface area contributed by atoms with Gasteiger partial charge in [0.1, 0.15) is 18.7 Å². The van der Waals surface area contributed by atoms with Gasteiger partial charge in [-0.15, -0.1) is 0 Å². The number of pyridine rings is 1. The Balaban J connectivity index is 1.49. The van der Waals surface area contributed by atoms with Crippen LogP contribution in [0, 0.1) is 34.5 Å². The van der Waals surface area contributed by atoms with Crippen molar-refractivity contribution < 1.29 is 35.9 Å². The van der Waals surface area contributed by atoms with Crippen LogP contribution in [0.25, 0.3) is 0 Å². The number of nitrogens with zero attached hydrogens (tertiary/aromatic N) is 7. The van der Waals surface area contributed by atoms with Crippen molar-refractivity contribution in [3.8, 4) is 18.0 Å². The highest BCUT2D eigenvalue weighted by Crippen LogP contribution is 2.45. The van der Waals surface area contributed by atoms with Gasteiger partial charge in [-0.1, -0.05) is 6.92 Å². The monoisotopic (exact) mass is 592 g/mol. The number of nitriles is 2. The van der Waals surface area contributed by atoms with Gasteiger partial charge >= 0.3 is 18.4 Å². The number of urea groups is 1. The van der Waals surface area contributed by atoms with Gasteiger partial charge in [0.2, 0.25) is 0 Å². The summed E-state index contributed by atoms with van der Waals surface area (Å²) in [6.45, 7) is 1.10. The van der Waals surface area contributed by atoms with Crippen molar-refractivity contribution in [3.05, 3.63) is 64.9 Å². The van der Waals surface area contributed by atoms with Crippen molar-refractivity contribution in [1.82, 2.24) is 25.2 Å². The van der Waals surface area contributed by atoms with Gasteiger partial charge in [0.15, 0.2) is 17.2 Å². The Morgan fingerprint density at radius 1 is 1.05 bits per heavy atom. The topological polar surface area (TPSA) is 131 Å². The zero-order valence-corrected chi connectivity index (χ0v) is 21.9. The second-order valence-electron chi connectivity index (χ2n) is 9.40. The molecular formula is C26H22F6N8O2. The number of nitrogens with one attached hydrogen (secondary N) is 1. The highest BCUT2D eigenvalue weighted by molar-refractivity contribution is 5.77. The van der Waals surface area contributed by atoms with Crippen LogP contribution in [0.15, 0.2) is 47.9 Å². The number of aromatic nitrogens is 3. The van der Waals surface area contributed by atoms with Gasteiger partial charge in [-0.25, -0.2) is 9.78 Å². The van der Waals surface area contributed by atoms with E-state index in [0.717, 1.165) is 12.5 Å². The third kappa shape index (κ3) is 6.71. The number of anilines is 1. The molecule has 0 aromatic carbocycles. The minimum Gasteiger partial charge on any atom is -0.470 e. The number of hydrogen-bond donors (Lipinski definition) is 1. The largest absolute Gasteiger partial charge is 0.470 e. The maximum atomic E-state index is 13.5. The van der Waals surface area contributed by atoms with Gasteiger partial charge in [-0.2, -0.15) is 41.9 Å². The first-order chi connectivity index (χ1) is 19.8. The van der Waals surface area contributed by atoms with E-state index in [1.54, 1.807) is 41.6 Å². The molecule has 2 atom stereocenters. The molecule has 0 bridgehead atoms. The van der Waals surface area contributed by atoms with Crippen LogP contribution in [0.1, 0.15) is 23.9 Å². The van der Waals surface area contributed by atoms with Crippen LogP contribution in [0.3, 0.4) is 0 Å². The normalized spacial score (nSPS) is 19.3. The first-order valence-electron chi connectivity index (χ1n) is 12.4.